The zero-order valence-corrected chi connectivity index (χ0v) is 21.1. The molecule has 2 saturated heterocycles. The highest BCUT2D eigenvalue weighted by molar-refractivity contribution is 5.94. The fourth-order valence-corrected chi connectivity index (χ4v) is 5.61. The Balaban J connectivity index is 1.07. The van der Waals surface area contributed by atoms with E-state index in [4.69, 9.17) is 0 Å². The lowest BCUT2D eigenvalue weighted by Gasteiger charge is -2.39. The number of nitrogens with one attached hydrogen (secondary N) is 1. The molecule has 2 aliphatic heterocycles. The molecular weight excluding hydrogens is 454 g/mol. The van der Waals surface area contributed by atoms with E-state index in [9.17, 15) is 14.7 Å². The number of aliphatic hydroxyl groups is 1. The predicted octanol–water partition coefficient (Wildman–Crippen LogP) is 3.44. The van der Waals surface area contributed by atoms with Crippen molar-refractivity contribution in [3.63, 3.8) is 0 Å². The Bertz CT molecular complexity index is 1070. The van der Waals surface area contributed by atoms with Crippen LogP contribution in [0.15, 0.2) is 48.8 Å². The van der Waals surface area contributed by atoms with Crippen molar-refractivity contribution in [1.82, 2.24) is 19.7 Å². The molecule has 1 aliphatic carbocycles. The van der Waals surface area contributed by atoms with E-state index in [-0.39, 0.29) is 23.5 Å². The third kappa shape index (κ3) is 5.39. The van der Waals surface area contributed by atoms with Gasteiger partial charge in [-0.2, -0.15) is 0 Å². The van der Waals surface area contributed by atoms with Gasteiger partial charge in [0.15, 0.2) is 0 Å². The lowest BCUT2D eigenvalue weighted by molar-refractivity contribution is -0.139. The molecule has 8 heteroatoms. The molecule has 2 N–H and O–H groups in total. The fourth-order valence-electron chi connectivity index (χ4n) is 5.61. The lowest BCUT2D eigenvalue weighted by atomic mass is 9.90. The van der Waals surface area contributed by atoms with Crippen LogP contribution in [0.3, 0.4) is 0 Å². The first kappa shape index (κ1) is 24.7. The topological polar surface area (TPSA) is 89.0 Å². The molecule has 3 amide bonds. The molecule has 1 aromatic heterocycles. The minimum absolute atomic E-state index is 0.00556. The Morgan fingerprint density at radius 3 is 2.58 bits per heavy atom. The molecule has 5 rings (SSSR count). The number of carbonyl (C=O) groups excluding carboxylic acids is 2. The van der Waals surface area contributed by atoms with Crippen LogP contribution >= 0.6 is 0 Å². The van der Waals surface area contributed by atoms with Gasteiger partial charge < -0.3 is 25.1 Å². The number of anilines is 1. The van der Waals surface area contributed by atoms with E-state index in [1.54, 1.807) is 17.3 Å². The summed E-state index contributed by atoms with van der Waals surface area (Å²) in [6.45, 7) is 6.43. The van der Waals surface area contributed by atoms with Crippen LogP contribution < -0.4 is 5.32 Å². The Labute approximate surface area is 213 Å². The number of nitrogens with zero attached hydrogens (tertiary/aromatic N) is 4. The van der Waals surface area contributed by atoms with Crippen molar-refractivity contribution in [3.05, 3.63) is 48.8 Å². The molecule has 3 aliphatic rings. The summed E-state index contributed by atoms with van der Waals surface area (Å²) in [5, 5.41) is 13.4. The van der Waals surface area contributed by atoms with Crippen LogP contribution in [-0.2, 0) is 4.79 Å². The van der Waals surface area contributed by atoms with Gasteiger partial charge in [-0.15, -0.1) is 0 Å². The number of aliphatic hydroxyl groups excluding tert-OH is 1. The van der Waals surface area contributed by atoms with Crippen molar-refractivity contribution in [2.24, 2.45) is 5.41 Å². The largest absolute Gasteiger partial charge is 0.391 e. The summed E-state index contributed by atoms with van der Waals surface area (Å²) in [6, 6.07) is 10.8. The number of rotatable bonds is 7. The number of hydrogen-bond donors (Lipinski definition) is 2. The number of piperidine rings is 1. The lowest BCUT2D eigenvalue weighted by Crippen LogP contribution is -2.58. The van der Waals surface area contributed by atoms with Gasteiger partial charge in [-0.1, -0.05) is 12.1 Å². The Morgan fingerprint density at radius 1 is 1.06 bits per heavy atom. The average Bonchev–Trinajstić information content (AvgIpc) is 3.68. The highest BCUT2D eigenvalue weighted by Gasteiger charge is 2.51. The van der Waals surface area contributed by atoms with Crippen LogP contribution in [0.1, 0.15) is 39.0 Å². The van der Waals surface area contributed by atoms with E-state index in [1.807, 2.05) is 48.2 Å². The number of aromatic nitrogens is 1. The third-order valence-corrected chi connectivity index (χ3v) is 8.24. The number of piperazine rings is 1. The molecule has 1 aromatic carbocycles. The number of β-amino-alcohol motifs (C(OH)–C–C–N with tert-alkyl or cyclic N) is 1. The first-order chi connectivity index (χ1) is 17.4. The number of likely N-dealkylation sites (tertiary alicyclic amines) is 1. The van der Waals surface area contributed by atoms with Crippen molar-refractivity contribution >= 4 is 17.6 Å². The summed E-state index contributed by atoms with van der Waals surface area (Å²) < 4.78 is 0. The number of hydrogen-bond acceptors (Lipinski definition) is 5. The van der Waals surface area contributed by atoms with Gasteiger partial charge in [-0.25, -0.2) is 4.79 Å². The zero-order chi connectivity index (χ0) is 25.1. The van der Waals surface area contributed by atoms with Gasteiger partial charge in [0.1, 0.15) is 6.04 Å². The van der Waals surface area contributed by atoms with Crippen molar-refractivity contribution < 1.29 is 14.7 Å². The monoisotopic (exact) mass is 491 g/mol. The molecule has 3 fully saturated rings. The summed E-state index contributed by atoms with van der Waals surface area (Å²) in [4.78, 5) is 35.9. The third-order valence-electron chi connectivity index (χ3n) is 8.24. The van der Waals surface area contributed by atoms with Crippen LogP contribution in [0.5, 0.6) is 0 Å². The van der Waals surface area contributed by atoms with Gasteiger partial charge in [-0.05, 0) is 92.9 Å². The van der Waals surface area contributed by atoms with Crippen LogP contribution in [-0.4, -0.2) is 88.1 Å². The van der Waals surface area contributed by atoms with Crippen molar-refractivity contribution in [2.75, 3.05) is 44.6 Å². The normalized spacial score (nSPS) is 23.7. The summed E-state index contributed by atoms with van der Waals surface area (Å²) >= 11 is 0. The van der Waals surface area contributed by atoms with Gasteiger partial charge >= 0.3 is 6.03 Å². The standard InChI is InChI=1S/C28H37N5O3/c1-21-26(35)32(15-3-2-14-31-16-11-28(9-10-28)25(34)20-31)17-18-33(21)27(36)30-24-6-4-5-23(19-24)22-7-12-29-13-8-22/h4-8,12-13,19,21,25,34H,2-3,9-11,14-18,20H2,1H3,(H,30,36)/t21-,25+/m0/s1. The predicted molar refractivity (Wildman–Crippen MR) is 139 cm³/mol. The number of unbranched alkanes of at least 4 members (excludes halogenated alkanes) is 1. The molecule has 0 unspecified atom stereocenters. The van der Waals surface area contributed by atoms with E-state index >= 15 is 0 Å². The second-order valence-corrected chi connectivity index (χ2v) is 10.6. The number of carbonyl (C=O) groups is 2. The van der Waals surface area contributed by atoms with Gasteiger partial charge in [-0.3, -0.25) is 9.78 Å². The van der Waals surface area contributed by atoms with E-state index in [0.29, 0.717) is 25.3 Å². The summed E-state index contributed by atoms with van der Waals surface area (Å²) in [5.41, 5.74) is 2.97. The first-order valence-corrected chi connectivity index (χ1v) is 13.2. The van der Waals surface area contributed by atoms with Crippen molar-refractivity contribution in [2.45, 2.75) is 51.2 Å². The van der Waals surface area contributed by atoms with Crippen LogP contribution in [0, 0.1) is 5.41 Å². The molecule has 0 bridgehead atoms. The van der Waals surface area contributed by atoms with Gasteiger partial charge in [0.05, 0.1) is 6.10 Å². The molecule has 1 spiro atoms. The van der Waals surface area contributed by atoms with Crippen molar-refractivity contribution in [1.29, 1.82) is 0 Å². The minimum Gasteiger partial charge on any atom is -0.391 e. The minimum atomic E-state index is -0.492. The number of pyridine rings is 1. The van der Waals surface area contributed by atoms with E-state index < -0.39 is 6.04 Å². The number of urea groups is 1. The Hall–Kier alpha value is -2.97. The molecule has 8 nitrogen and oxygen atoms in total. The summed E-state index contributed by atoms with van der Waals surface area (Å²) in [7, 11) is 0. The van der Waals surface area contributed by atoms with Crippen LogP contribution in [0.4, 0.5) is 10.5 Å². The highest BCUT2D eigenvalue weighted by Crippen LogP contribution is 2.53. The molecule has 36 heavy (non-hydrogen) atoms. The quantitative estimate of drug-likeness (QED) is 0.580. The number of benzene rings is 1. The number of amides is 3. The van der Waals surface area contributed by atoms with E-state index in [2.05, 4.69) is 15.2 Å². The van der Waals surface area contributed by atoms with E-state index in [0.717, 1.165) is 50.0 Å². The zero-order valence-electron chi connectivity index (χ0n) is 21.1. The average molecular weight is 492 g/mol. The summed E-state index contributed by atoms with van der Waals surface area (Å²) in [5.74, 6) is 0.00556. The molecule has 192 valence electrons. The molecule has 3 heterocycles. The molecule has 2 atom stereocenters. The fraction of sp³-hybridized carbons (Fsp3) is 0.536. The maximum atomic E-state index is 13.0. The van der Waals surface area contributed by atoms with Crippen LogP contribution in [0.2, 0.25) is 0 Å². The second-order valence-electron chi connectivity index (χ2n) is 10.6. The van der Waals surface area contributed by atoms with Crippen molar-refractivity contribution in [3.8, 4) is 11.1 Å². The second kappa shape index (κ2) is 10.6. The first-order valence-electron chi connectivity index (χ1n) is 13.2. The van der Waals surface area contributed by atoms with Gasteiger partial charge in [0.25, 0.3) is 0 Å². The van der Waals surface area contributed by atoms with Gasteiger partial charge in [0.2, 0.25) is 5.91 Å². The molecule has 1 saturated carbocycles. The maximum Gasteiger partial charge on any atom is 0.322 e. The SMILES string of the molecule is C[C@H]1C(=O)N(CCCCN2CCC3(CC3)[C@H](O)C2)CCN1C(=O)Nc1cccc(-c2ccncc2)c1. The maximum absolute atomic E-state index is 13.0. The summed E-state index contributed by atoms with van der Waals surface area (Å²) in [6.07, 6.45) is 8.74. The van der Waals surface area contributed by atoms with Gasteiger partial charge in [0, 0.05) is 44.3 Å². The highest BCUT2D eigenvalue weighted by atomic mass is 16.3. The Morgan fingerprint density at radius 2 is 1.83 bits per heavy atom. The van der Waals surface area contributed by atoms with Crippen LogP contribution in [0.25, 0.3) is 11.1 Å². The molecule has 2 aromatic rings. The smallest absolute Gasteiger partial charge is 0.322 e. The van der Waals surface area contributed by atoms with E-state index in [1.165, 1.54) is 12.8 Å². The molecule has 0 radical (unpaired) electrons. The molecular formula is C28H37N5O3. The Kier molecular flexibility index (Phi) is 7.25.